The molecule has 8 heteroatoms. The Morgan fingerprint density at radius 2 is 0.735 bits per heavy atom. The van der Waals surface area contributed by atoms with Crippen molar-refractivity contribution in [3.05, 3.63) is 24.3 Å². The van der Waals surface area contributed by atoms with Gasteiger partial charge in [0, 0.05) is 26.4 Å². The molecule has 0 aliphatic carbocycles. The molecule has 0 radical (unpaired) electrons. The van der Waals surface area contributed by atoms with Crippen molar-refractivity contribution >= 4 is 6.09 Å². The van der Waals surface area contributed by atoms with Gasteiger partial charge < -0.3 is 33.7 Å². The summed E-state index contributed by atoms with van der Waals surface area (Å²) in [5.41, 5.74) is 0. The molecule has 0 saturated heterocycles. The number of hydrogen-bond donors (Lipinski definition) is 1. The van der Waals surface area contributed by atoms with Crippen LogP contribution in [0.4, 0.5) is 4.79 Å². The van der Waals surface area contributed by atoms with Crippen LogP contribution in [0.25, 0.3) is 0 Å². The molecule has 1 amide bonds. The highest BCUT2D eigenvalue weighted by Gasteiger charge is 2.26. The Bertz CT molecular complexity index is 1010. The molecule has 1 N–H and O–H groups in total. The van der Waals surface area contributed by atoms with Crippen molar-refractivity contribution in [3.63, 3.8) is 0 Å². The average Bonchev–Trinajstić information content (AvgIpc) is 3.34. The molecule has 0 spiro atoms. The number of rotatable bonds is 58. The Morgan fingerprint density at radius 3 is 1.18 bits per heavy atom. The highest BCUT2D eigenvalue weighted by atomic mass is 16.6. The van der Waals surface area contributed by atoms with Gasteiger partial charge in [-0.25, -0.2) is 4.79 Å². The largest absolute Gasteiger partial charge is 0.443 e. The maximum Gasteiger partial charge on any atom is 0.407 e. The van der Waals surface area contributed by atoms with Crippen LogP contribution in [0.2, 0.25) is 0 Å². The lowest BCUT2D eigenvalue weighted by Crippen LogP contribution is -2.41. The van der Waals surface area contributed by atoms with Gasteiger partial charge in [-0.3, -0.25) is 0 Å². The van der Waals surface area contributed by atoms with E-state index in [-0.39, 0.29) is 12.2 Å². The lowest BCUT2D eigenvalue weighted by Gasteiger charge is -2.27. The van der Waals surface area contributed by atoms with Crippen LogP contribution in [0.1, 0.15) is 278 Å². The van der Waals surface area contributed by atoms with E-state index >= 15 is 0 Å². The first kappa shape index (κ1) is 66.6. The van der Waals surface area contributed by atoms with Gasteiger partial charge in [0.05, 0.1) is 39.6 Å². The molecule has 0 aliphatic rings. The predicted molar refractivity (Wildman–Crippen MR) is 292 cm³/mol. The zero-order valence-electron chi connectivity index (χ0n) is 46.0. The van der Waals surface area contributed by atoms with Gasteiger partial charge in [0.2, 0.25) is 0 Å². The lowest BCUT2D eigenvalue weighted by molar-refractivity contribution is -0.0864. The van der Waals surface area contributed by atoms with Gasteiger partial charge in [-0.15, -0.1) is 0 Å². The van der Waals surface area contributed by atoms with Crippen LogP contribution in [0.5, 0.6) is 0 Å². The molecule has 0 fully saturated rings. The van der Waals surface area contributed by atoms with Crippen LogP contribution in [0.15, 0.2) is 24.3 Å². The number of alkyl carbamates (subject to hydrolysis) is 1. The quantitative estimate of drug-likeness (QED) is 0.0480. The predicted octanol–water partition coefficient (Wildman–Crippen LogP) is 17.9. The monoisotopic (exact) mass is 964 g/mol. The Hall–Kier alpha value is -1.45. The Balaban J connectivity index is 4.97. The summed E-state index contributed by atoms with van der Waals surface area (Å²) in [7, 11) is 0. The number of amides is 1. The van der Waals surface area contributed by atoms with E-state index in [1.165, 1.54) is 218 Å². The summed E-state index contributed by atoms with van der Waals surface area (Å²) < 4.78 is 35.7. The summed E-state index contributed by atoms with van der Waals surface area (Å²) in [6.45, 7) is 14.3. The summed E-state index contributed by atoms with van der Waals surface area (Å²) >= 11 is 0. The van der Waals surface area contributed by atoms with E-state index in [0.717, 1.165) is 38.7 Å². The summed E-state index contributed by atoms with van der Waals surface area (Å²) in [6, 6.07) is 0. The number of ether oxygens (including phenoxy) is 6. The molecule has 0 heterocycles. The molecule has 0 aliphatic heterocycles. The summed E-state index contributed by atoms with van der Waals surface area (Å²) in [4.78, 5) is 13.2. The van der Waals surface area contributed by atoms with Crippen LogP contribution in [0.3, 0.4) is 0 Å². The van der Waals surface area contributed by atoms with E-state index in [9.17, 15) is 4.79 Å². The van der Waals surface area contributed by atoms with E-state index in [4.69, 9.17) is 28.4 Å². The molecule has 0 bridgehead atoms. The van der Waals surface area contributed by atoms with Crippen molar-refractivity contribution in [1.82, 2.24) is 5.32 Å². The SMILES string of the molecule is CCCCCCCC/C=C\CCCCCCCCOCC(OCCCCCCCC/C=C\CCCCCCCC)C(CCCCCCCCCCCC)OC(=O)NCCOCCOCCOCC. The molecule has 404 valence electrons. The van der Waals surface area contributed by atoms with Crippen LogP contribution in [-0.4, -0.2) is 84.3 Å². The number of allylic oxidation sites excluding steroid dienone is 4. The Morgan fingerprint density at radius 1 is 0.368 bits per heavy atom. The minimum absolute atomic E-state index is 0.276. The topological polar surface area (TPSA) is 84.5 Å². The summed E-state index contributed by atoms with van der Waals surface area (Å²) in [5, 5.41) is 2.93. The number of carbonyl (C=O) groups excluding carboxylic acids is 1. The summed E-state index contributed by atoms with van der Waals surface area (Å²) in [6.07, 6.45) is 58.2. The first-order valence-corrected chi connectivity index (χ1v) is 29.9. The minimum atomic E-state index is -0.405. The highest BCUT2D eigenvalue weighted by molar-refractivity contribution is 5.67. The van der Waals surface area contributed by atoms with Gasteiger partial charge in [-0.1, -0.05) is 218 Å². The summed E-state index contributed by atoms with van der Waals surface area (Å²) in [5.74, 6) is 0. The Kier molecular flexibility index (Phi) is 58.6. The lowest BCUT2D eigenvalue weighted by atomic mass is 10.0. The van der Waals surface area contributed by atoms with E-state index in [1.54, 1.807) is 0 Å². The van der Waals surface area contributed by atoms with Crippen molar-refractivity contribution in [1.29, 1.82) is 0 Å². The second-order valence-electron chi connectivity index (χ2n) is 19.6. The van der Waals surface area contributed by atoms with Crippen LogP contribution < -0.4 is 5.32 Å². The normalized spacial score (nSPS) is 12.8. The second kappa shape index (κ2) is 59.9. The number of unbranched alkanes of at least 4 members (excludes halogenated alkanes) is 33. The van der Waals surface area contributed by atoms with Crippen molar-refractivity contribution in [2.45, 2.75) is 290 Å². The van der Waals surface area contributed by atoms with Gasteiger partial charge >= 0.3 is 6.09 Å². The molecule has 0 rings (SSSR count). The molecular weight excluding hydrogens is 847 g/mol. The zero-order valence-corrected chi connectivity index (χ0v) is 46.0. The molecule has 2 unspecified atom stereocenters. The van der Waals surface area contributed by atoms with Crippen LogP contribution >= 0.6 is 0 Å². The molecule has 0 aromatic heterocycles. The maximum atomic E-state index is 13.2. The molecule has 0 aromatic carbocycles. The van der Waals surface area contributed by atoms with Crippen molar-refractivity contribution in [3.8, 4) is 0 Å². The molecule has 68 heavy (non-hydrogen) atoms. The third kappa shape index (κ3) is 53.9. The first-order valence-electron chi connectivity index (χ1n) is 29.9. The molecule has 2 atom stereocenters. The van der Waals surface area contributed by atoms with E-state index in [0.29, 0.717) is 59.4 Å². The fourth-order valence-electron chi connectivity index (χ4n) is 8.64. The van der Waals surface area contributed by atoms with Gasteiger partial charge in [-0.05, 0) is 84.0 Å². The first-order chi connectivity index (χ1) is 33.7. The van der Waals surface area contributed by atoms with Crippen molar-refractivity contribution < 1.29 is 33.2 Å². The van der Waals surface area contributed by atoms with Crippen LogP contribution in [0, 0.1) is 0 Å². The van der Waals surface area contributed by atoms with Gasteiger partial charge in [-0.2, -0.15) is 0 Å². The number of carbonyl (C=O) groups is 1. The third-order valence-electron chi connectivity index (χ3n) is 13.0. The van der Waals surface area contributed by atoms with E-state index in [2.05, 4.69) is 50.4 Å². The fourth-order valence-corrected chi connectivity index (χ4v) is 8.64. The molecule has 8 nitrogen and oxygen atoms in total. The smallest absolute Gasteiger partial charge is 0.407 e. The van der Waals surface area contributed by atoms with Gasteiger partial charge in [0.15, 0.2) is 0 Å². The van der Waals surface area contributed by atoms with E-state index in [1.807, 2.05) is 6.92 Å². The number of hydrogen-bond acceptors (Lipinski definition) is 7. The third-order valence-corrected chi connectivity index (χ3v) is 13.0. The fraction of sp³-hybridized carbons (Fsp3) is 0.917. The molecular formula is C60H117NO7. The van der Waals surface area contributed by atoms with Crippen molar-refractivity contribution in [2.24, 2.45) is 0 Å². The highest BCUT2D eigenvalue weighted by Crippen LogP contribution is 2.19. The minimum Gasteiger partial charge on any atom is -0.443 e. The van der Waals surface area contributed by atoms with Gasteiger partial charge in [0.1, 0.15) is 12.2 Å². The molecule has 0 saturated carbocycles. The maximum absolute atomic E-state index is 13.2. The van der Waals surface area contributed by atoms with Crippen LogP contribution in [-0.2, 0) is 28.4 Å². The van der Waals surface area contributed by atoms with E-state index < -0.39 is 6.09 Å². The second-order valence-corrected chi connectivity index (χ2v) is 19.6. The Labute approximate surface area is 423 Å². The van der Waals surface area contributed by atoms with Crippen molar-refractivity contribution in [2.75, 3.05) is 66.0 Å². The average molecular weight is 965 g/mol. The van der Waals surface area contributed by atoms with Gasteiger partial charge in [0.25, 0.3) is 0 Å². The zero-order chi connectivity index (χ0) is 49.2. The number of nitrogens with one attached hydrogen (secondary N) is 1. The molecule has 0 aromatic rings. The standard InChI is InChI=1S/C60H117NO7/c1-5-9-12-15-18-21-24-26-28-30-32-34-37-40-43-46-50-66-57-59(67-51-47-44-41-38-35-33-31-29-27-25-22-19-16-13-10-6-2)58(48-45-42-39-36-23-20-17-14-11-7-3)68-60(62)61-49-52-64-55-56-65-54-53-63-8-4/h26-29,58-59H,5-25,30-57H2,1-4H3,(H,61,62)/b28-26-,29-27-.